The van der Waals surface area contributed by atoms with Crippen molar-refractivity contribution in [3.05, 3.63) is 23.0 Å². The summed E-state index contributed by atoms with van der Waals surface area (Å²) in [5.41, 5.74) is 4.74. The normalized spacial score (nSPS) is 26.4. The molecule has 0 saturated heterocycles. The zero-order valence-corrected chi connectivity index (χ0v) is 13.5. The molecule has 2 aliphatic rings. The Morgan fingerprint density at radius 3 is 2.65 bits per heavy atom. The number of aliphatic hydroxyl groups is 1. The summed E-state index contributed by atoms with van der Waals surface area (Å²) in [5.74, 6) is 0. The lowest BCUT2D eigenvalue weighted by Gasteiger charge is -2.34. The lowest BCUT2D eigenvalue weighted by Crippen LogP contribution is -2.28. The van der Waals surface area contributed by atoms with E-state index in [4.69, 9.17) is 0 Å². The van der Waals surface area contributed by atoms with E-state index < -0.39 is 0 Å². The van der Waals surface area contributed by atoms with Crippen LogP contribution in [0.25, 0.3) is 0 Å². The topological polar surface area (TPSA) is 25.2 Å². The smallest absolute Gasteiger partial charge is 0.0812 e. The van der Waals surface area contributed by atoms with Gasteiger partial charge >= 0.3 is 0 Å². The van der Waals surface area contributed by atoms with Crippen LogP contribution < -0.4 is 0 Å². The van der Waals surface area contributed by atoms with Crippen LogP contribution in [0.2, 0.25) is 0 Å². The molecule has 1 aromatic heterocycles. The molecule has 1 N–H and O–H groups in total. The Balaban J connectivity index is 1.93. The van der Waals surface area contributed by atoms with Gasteiger partial charge in [-0.15, -0.1) is 0 Å². The number of aryl methyl sites for hydroxylation is 1. The molecule has 0 spiro atoms. The van der Waals surface area contributed by atoms with Crippen molar-refractivity contribution in [2.45, 2.75) is 78.9 Å². The van der Waals surface area contributed by atoms with Gasteiger partial charge in [0.1, 0.15) is 0 Å². The SMILES string of the molecule is CCCC1(Cn2c(C)cc3c2CC(C)(C)CC3O)CC1. The molecule has 1 atom stereocenters. The standard InChI is InChI=1S/C18H29NO/c1-5-6-18(7-8-18)12-19-13(2)9-14-15(19)10-17(3,4)11-16(14)20/h9,16,20H,5-8,10-12H2,1-4H3. The first-order chi connectivity index (χ1) is 9.36. The second kappa shape index (κ2) is 4.62. The molecule has 112 valence electrons. The Kier molecular flexibility index (Phi) is 3.28. The van der Waals surface area contributed by atoms with Gasteiger partial charge in [-0.25, -0.2) is 0 Å². The third-order valence-electron chi connectivity index (χ3n) is 5.43. The van der Waals surface area contributed by atoms with Crippen molar-refractivity contribution in [1.29, 1.82) is 0 Å². The van der Waals surface area contributed by atoms with Crippen LogP contribution in [-0.4, -0.2) is 9.67 Å². The highest BCUT2D eigenvalue weighted by Gasteiger charge is 2.43. The first-order valence-electron chi connectivity index (χ1n) is 8.23. The third kappa shape index (κ3) is 2.43. The molecule has 0 aromatic carbocycles. The van der Waals surface area contributed by atoms with Crippen LogP contribution in [0.4, 0.5) is 0 Å². The molecule has 2 nitrogen and oxygen atoms in total. The third-order valence-corrected chi connectivity index (χ3v) is 5.43. The van der Waals surface area contributed by atoms with Gasteiger partial charge in [0.2, 0.25) is 0 Å². The monoisotopic (exact) mass is 275 g/mol. The van der Waals surface area contributed by atoms with E-state index in [0.717, 1.165) is 12.8 Å². The van der Waals surface area contributed by atoms with Crippen LogP contribution in [0.3, 0.4) is 0 Å². The largest absolute Gasteiger partial charge is 0.388 e. The summed E-state index contributed by atoms with van der Waals surface area (Å²) in [4.78, 5) is 0. The predicted molar refractivity (Wildman–Crippen MR) is 82.8 cm³/mol. The summed E-state index contributed by atoms with van der Waals surface area (Å²) < 4.78 is 2.53. The minimum Gasteiger partial charge on any atom is -0.388 e. The number of nitrogens with zero attached hydrogens (tertiary/aromatic N) is 1. The first kappa shape index (κ1) is 14.2. The summed E-state index contributed by atoms with van der Waals surface area (Å²) in [5, 5.41) is 10.4. The van der Waals surface area contributed by atoms with E-state index in [1.54, 1.807) is 0 Å². The molecular formula is C18H29NO. The van der Waals surface area contributed by atoms with Gasteiger partial charge in [-0.1, -0.05) is 27.2 Å². The van der Waals surface area contributed by atoms with Crippen molar-refractivity contribution in [2.24, 2.45) is 10.8 Å². The van der Waals surface area contributed by atoms with Gasteiger partial charge in [0.25, 0.3) is 0 Å². The van der Waals surface area contributed by atoms with Gasteiger partial charge < -0.3 is 9.67 Å². The molecule has 0 bridgehead atoms. The molecule has 1 fully saturated rings. The van der Waals surface area contributed by atoms with Gasteiger partial charge in [-0.2, -0.15) is 0 Å². The Labute approximate surface area is 123 Å². The van der Waals surface area contributed by atoms with Gasteiger partial charge in [-0.3, -0.25) is 0 Å². The quantitative estimate of drug-likeness (QED) is 0.866. The lowest BCUT2D eigenvalue weighted by molar-refractivity contribution is 0.0975. The first-order valence-corrected chi connectivity index (χ1v) is 8.23. The van der Waals surface area contributed by atoms with Crippen molar-refractivity contribution in [3.63, 3.8) is 0 Å². The predicted octanol–water partition coefficient (Wildman–Crippen LogP) is 4.38. The Morgan fingerprint density at radius 2 is 2.05 bits per heavy atom. The van der Waals surface area contributed by atoms with Crippen LogP contribution in [-0.2, 0) is 13.0 Å². The summed E-state index contributed by atoms with van der Waals surface area (Å²) >= 11 is 0. The average Bonchev–Trinajstić information content (AvgIpc) is 3.02. The highest BCUT2D eigenvalue weighted by Crippen LogP contribution is 2.52. The van der Waals surface area contributed by atoms with E-state index in [-0.39, 0.29) is 11.5 Å². The van der Waals surface area contributed by atoms with Gasteiger partial charge in [0.15, 0.2) is 0 Å². The van der Waals surface area contributed by atoms with E-state index in [1.807, 2.05) is 0 Å². The van der Waals surface area contributed by atoms with Crippen molar-refractivity contribution in [1.82, 2.24) is 4.57 Å². The van der Waals surface area contributed by atoms with Gasteiger partial charge in [-0.05, 0) is 55.9 Å². The maximum atomic E-state index is 10.4. The Morgan fingerprint density at radius 1 is 1.35 bits per heavy atom. The second-order valence-electron chi connectivity index (χ2n) is 8.08. The minimum atomic E-state index is -0.268. The lowest BCUT2D eigenvalue weighted by atomic mass is 9.75. The fraction of sp³-hybridized carbons (Fsp3) is 0.778. The molecule has 3 rings (SSSR count). The van der Waals surface area contributed by atoms with Crippen molar-refractivity contribution in [3.8, 4) is 0 Å². The molecule has 1 saturated carbocycles. The highest BCUT2D eigenvalue weighted by atomic mass is 16.3. The molecule has 2 heteroatoms. The van der Waals surface area contributed by atoms with E-state index >= 15 is 0 Å². The number of aromatic nitrogens is 1. The molecule has 0 aliphatic heterocycles. The van der Waals surface area contributed by atoms with Crippen molar-refractivity contribution >= 4 is 0 Å². The van der Waals surface area contributed by atoms with E-state index in [0.29, 0.717) is 5.41 Å². The number of hydrogen-bond acceptors (Lipinski definition) is 1. The van der Waals surface area contributed by atoms with E-state index in [2.05, 4.69) is 38.3 Å². The van der Waals surface area contributed by atoms with Crippen molar-refractivity contribution < 1.29 is 5.11 Å². The zero-order valence-electron chi connectivity index (χ0n) is 13.5. The van der Waals surface area contributed by atoms with Crippen LogP contribution in [0, 0.1) is 17.8 Å². The van der Waals surface area contributed by atoms with Gasteiger partial charge in [0.05, 0.1) is 6.10 Å². The maximum Gasteiger partial charge on any atom is 0.0812 e. The molecule has 1 aromatic rings. The van der Waals surface area contributed by atoms with Crippen LogP contribution in [0.15, 0.2) is 6.07 Å². The van der Waals surface area contributed by atoms with Crippen LogP contribution >= 0.6 is 0 Å². The van der Waals surface area contributed by atoms with E-state index in [1.165, 1.54) is 49.2 Å². The van der Waals surface area contributed by atoms with Crippen LogP contribution in [0.1, 0.15) is 75.9 Å². The molecule has 1 heterocycles. The molecule has 0 radical (unpaired) electrons. The molecule has 2 aliphatic carbocycles. The summed E-state index contributed by atoms with van der Waals surface area (Å²) in [6, 6.07) is 2.23. The summed E-state index contributed by atoms with van der Waals surface area (Å²) in [7, 11) is 0. The second-order valence-corrected chi connectivity index (χ2v) is 8.08. The van der Waals surface area contributed by atoms with E-state index in [9.17, 15) is 5.11 Å². The number of hydrogen-bond donors (Lipinski definition) is 1. The average molecular weight is 275 g/mol. The number of rotatable bonds is 4. The fourth-order valence-corrected chi connectivity index (χ4v) is 4.15. The molecule has 20 heavy (non-hydrogen) atoms. The molecule has 1 unspecified atom stereocenters. The zero-order chi connectivity index (χ0) is 14.5. The Hall–Kier alpha value is -0.760. The fourth-order valence-electron chi connectivity index (χ4n) is 4.15. The summed E-state index contributed by atoms with van der Waals surface area (Å²) in [6.45, 7) is 10.2. The highest BCUT2D eigenvalue weighted by molar-refractivity contribution is 5.33. The maximum absolute atomic E-state index is 10.4. The minimum absolute atomic E-state index is 0.219. The number of aliphatic hydroxyl groups excluding tert-OH is 1. The number of fused-ring (bicyclic) bond motifs is 1. The molecular weight excluding hydrogens is 246 g/mol. The van der Waals surface area contributed by atoms with Gasteiger partial charge in [0, 0.05) is 23.5 Å². The molecule has 0 amide bonds. The van der Waals surface area contributed by atoms with Crippen LogP contribution in [0.5, 0.6) is 0 Å². The summed E-state index contributed by atoms with van der Waals surface area (Å²) in [6.07, 6.45) is 7.15. The Bertz CT molecular complexity index is 508. The van der Waals surface area contributed by atoms with Crippen molar-refractivity contribution in [2.75, 3.05) is 0 Å².